The van der Waals surface area contributed by atoms with Crippen molar-refractivity contribution in [3.05, 3.63) is 64.7 Å². The number of aryl methyl sites for hydroxylation is 1. The maximum absolute atomic E-state index is 12.2. The molecule has 0 spiro atoms. The minimum absolute atomic E-state index is 0.119. The average Bonchev–Trinajstić information content (AvgIpc) is 2.60. The Bertz CT molecular complexity index is 721. The van der Waals surface area contributed by atoms with E-state index in [1.165, 1.54) is 11.1 Å². The summed E-state index contributed by atoms with van der Waals surface area (Å²) in [7, 11) is 0. The van der Waals surface area contributed by atoms with Gasteiger partial charge in [-0.1, -0.05) is 47.5 Å². The van der Waals surface area contributed by atoms with Gasteiger partial charge in [0.2, 0.25) is 5.91 Å². The Labute approximate surface area is 155 Å². The number of benzene rings is 2. The number of piperidine rings is 1. The van der Waals surface area contributed by atoms with E-state index in [9.17, 15) is 4.79 Å². The molecule has 0 radical (unpaired) electrons. The van der Waals surface area contributed by atoms with Crippen LogP contribution in [0, 0.1) is 6.92 Å². The maximum Gasteiger partial charge on any atom is 0.224 e. The molecule has 2 aromatic rings. The molecule has 1 heterocycles. The van der Waals surface area contributed by atoms with Gasteiger partial charge in [-0.3, -0.25) is 9.69 Å². The summed E-state index contributed by atoms with van der Waals surface area (Å²) in [6.07, 6.45) is 1.97. The lowest BCUT2D eigenvalue weighted by Gasteiger charge is -2.38. The van der Waals surface area contributed by atoms with Crippen LogP contribution in [-0.2, 0) is 11.3 Å². The summed E-state index contributed by atoms with van der Waals surface area (Å²) < 4.78 is 0. The summed E-state index contributed by atoms with van der Waals surface area (Å²) >= 11 is 6.28. The van der Waals surface area contributed by atoms with Crippen LogP contribution >= 0.6 is 11.6 Å². The van der Waals surface area contributed by atoms with Gasteiger partial charge in [-0.05, 0) is 43.5 Å². The molecule has 2 aromatic carbocycles. The third kappa shape index (κ3) is 4.42. The fraction of sp³-hybridized carbons (Fsp3) is 0.381. The second kappa shape index (κ2) is 8.03. The van der Waals surface area contributed by atoms with Gasteiger partial charge in [0, 0.05) is 43.3 Å². The van der Waals surface area contributed by atoms with Crippen molar-refractivity contribution in [3.63, 3.8) is 0 Å². The van der Waals surface area contributed by atoms with Crippen molar-refractivity contribution in [2.24, 2.45) is 0 Å². The molecule has 0 bridgehead atoms. The fourth-order valence-electron chi connectivity index (χ4n) is 3.56. The highest BCUT2D eigenvalue weighted by Gasteiger charge is 2.27. The van der Waals surface area contributed by atoms with E-state index < -0.39 is 0 Å². The second-order valence-electron chi connectivity index (χ2n) is 6.82. The monoisotopic (exact) mass is 356 g/mol. The van der Waals surface area contributed by atoms with Crippen molar-refractivity contribution in [3.8, 4) is 0 Å². The number of nitrogens with zero attached hydrogens (tertiary/aromatic N) is 2. The molecule has 0 aromatic heterocycles. The van der Waals surface area contributed by atoms with Crippen molar-refractivity contribution in [1.82, 2.24) is 4.90 Å². The summed E-state index contributed by atoms with van der Waals surface area (Å²) in [5.74, 6) is 0.119. The highest BCUT2D eigenvalue weighted by molar-refractivity contribution is 6.31. The molecule has 1 aliphatic heterocycles. The molecule has 0 saturated carbocycles. The Balaban J connectivity index is 1.64. The zero-order valence-electron chi connectivity index (χ0n) is 14.9. The molecule has 132 valence electrons. The minimum atomic E-state index is 0.119. The van der Waals surface area contributed by atoms with Gasteiger partial charge < -0.3 is 4.90 Å². The molecule has 0 N–H and O–H groups in total. The Morgan fingerprint density at radius 3 is 2.36 bits per heavy atom. The number of rotatable bonds is 4. The smallest absolute Gasteiger partial charge is 0.224 e. The van der Waals surface area contributed by atoms with Gasteiger partial charge >= 0.3 is 0 Å². The molecule has 3 nitrogen and oxygen atoms in total. The lowest BCUT2D eigenvalue weighted by atomic mass is 10.0. The van der Waals surface area contributed by atoms with E-state index in [1.807, 2.05) is 35.2 Å². The van der Waals surface area contributed by atoms with Gasteiger partial charge in [0.25, 0.3) is 0 Å². The first-order valence-electron chi connectivity index (χ1n) is 8.87. The van der Waals surface area contributed by atoms with Crippen LogP contribution in [0.2, 0.25) is 5.02 Å². The number of carbonyl (C=O) groups excluding carboxylic acids is 1. The fourth-order valence-corrected chi connectivity index (χ4v) is 3.75. The highest BCUT2D eigenvalue weighted by Crippen LogP contribution is 2.26. The number of likely N-dealkylation sites (tertiary alicyclic amines) is 1. The summed E-state index contributed by atoms with van der Waals surface area (Å²) in [6.45, 7) is 6.55. The van der Waals surface area contributed by atoms with Crippen LogP contribution < -0.4 is 4.90 Å². The molecule has 0 atom stereocenters. The van der Waals surface area contributed by atoms with Crippen LogP contribution in [0.25, 0.3) is 0 Å². The van der Waals surface area contributed by atoms with Gasteiger partial charge in [0.15, 0.2) is 0 Å². The molecule has 0 aliphatic carbocycles. The van der Waals surface area contributed by atoms with Crippen molar-refractivity contribution >= 4 is 23.2 Å². The maximum atomic E-state index is 12.2. The summed E-state index contributed by atoms with van der Waals surface area (Å²) in [6, 6.07) is 16.5. The number of amides is 1. The summed E-state index contributed by atoms with van der Waals surface area (Å²) in [4.78, 5) is 16.6. The van der Waals surface area contributed by atoms with E-state index in [0.29, 0.717) is 0 Å². The minimum Gasteiger partial charge on any atom is -0.310 e. The zero-order valence-corrected chi connectivity index (χ0v) is 15.7. The normalized spacial score (nSPS) is 16.0. The van der Waals surface area contributed by atoms with E-state index >= 15 is 0 Å². The highest BCUT2D eigenvalue weighted by atomic mass is 35.5. The first-order chi connectivity index (χ1) is 12.0. The average molecular weight is 357 g/mol. The van der Waals surface area contributed by atoms with Gasteiger partial charge in [0.05, 0.1) is 0 Å². The standard InChI is InChI=1S/C21H25ClN2O/c1-16-7-9-19(10-8-16)24(17(2)25)20-11-13-23(14-12-20)15-18-5-3-4-6-21(18)22/h3-10,20H,11-15H2,1-2H3. The molecular formula is C21H25ClN2O. The quantitative estimate of drug-likeness (QED) is 0.795. The van der Waals surface area contributed by atoms with Crippen LogP contribution in [0.1, 0.15) is 30.9 Å². The van der Waals surface area contributed by atoms with Gasteiger partial charge in [-0.25, -0.2) is 0 Å². The first-order valence-corrected chi connectivity index (χ1v) is 9.24. The predicted octanol–water partition coefficient (Wildman–Crippen LogP) is 4.67. The Morgan fingerprint density at radius 2 is 1.76 bits per heavy atom. The molecule has 25 heavy (non-hydrogen) atoms. The first kappa shape index (κ1) is 18.0. The summed E-state index contributed by atoms with van der Waals surface area (Å²) in [5, 5.41) is 0.828. The largest absolute Gasteiger partial charge is 0.310 e. The number of hydrogen-bond acceptors (Lipinski definition) is 2. The third-order valence-corrected chi connectivity index (χ3v) is 5.29. The van der Waals surface area contributed by atoms with Gasteiger partial charge in [0.1, 0.15) is 0 Å². The zero-order chi connectivity index (χ0) is 17.8. The van der Waals surface area contributed by atoms with Crippen molar-refractivity contribution in [2.45, 2.75) is 39.3 Å². The van der Waals surface area contributed by atoms with Gasteiger partial charge in [-0.15, -0.1) is 0 Å². The molecular weight excluding hydrogens is 332 g/mol. The number of halogens is 1. The third-order valence-electron chi connectivity index (χ3n) is 4.93. The molecule has 4 heteroatoms. The van der Waals surface area contributed by atoms with E-state index in [4.69, 9.17) is 11.6 Å². The van der Waals surface area contributed by atoms with Crippen LogP contribution in [0.4, 0.5) is 5.69 Å². The van der Waals surface area contributed by atoms with Crippen molar-refractivity contribution in [2.75, 3.05) is 18.0 Å². The van der Waals surface area contributed by atoms with Crippen LogP contribution in [0.3, 0.4) is 0 Å². The molecule has 1 fully saturated rings. The van der Waals surface area contributed by atoms with E-state index in [2.05, 4.69) is 30.0 Å². The molecule has 1 amide bonds. The molecule has 1 saturated heterocycles. The topological polar surface area (TPSA) is 23.6 Å². The second-order valence-corrected chi connectivity index (χ2v) is 7.23. The Hall–Kier alpha value is -1.84. The van der Waals surface area contributed by atoms with Crippen molar-refractivity contribution < 1.29 is 4.79 Å². The van der Waals surface area contributed by atoms with E-state index in [-0.39, 0.29) is 11.9 Å². The van der Waals surface area contributed by atoms with Crippen LogP contribution in [0.15, 0.2) is 48.5 Å². The SMILES string of the molecule is CC(=O)N(c1ccc(C)cc1)C1CCN(Cc2ccccc2Cl)CC1. The number of anilines is 1. The Kier molecular flexibility index (Phi) is 5.77. The number of hydrogen-bond donors (Lipinski definition) is 0. The Morgan fingerprint density at radius 1 is 1.12 bits per heavy atom. The van der Waals surface area contributed by atoms with Crippen LogP contribution in [0.5, 0.6) is 0 Å². The number of carbonyl (C=O) groups is 1. The van der Waals surface area contributed by atoms with E-state index in [1.54, 1.807) is 6.92 Å². The van der Waals surface area contributed by atoms with Crippen LogP contribution in [-0.4, -0.2) is 29.9 Å². The van der Waals surface area contributed by atoms with E-state index in [0.717, 1.165) is 43.2 Å². The summed E-state index contributed by atoms with van der Waals surface area (Å²) in [5.41, 5.74) is 3.38. The molecule has 3 rings (SSSR count). The molecule has 0 unspecified atom stereocenters. The lowest BCUT2D eigenvalue weighted by Crippen LogP contribution is -2.46. The lowest BCUT2D eigenvalue weighted by molar-refractivity contribution is -0.117. The van der Waals surface area contributed by atoms with Gasteiger partial charge in [-0.2, -0.15) is 0 Å². The van der Waals surface area contributed by atoms with Crippen molar-refractivity contribution in [1.29, 1.82) is 0 Å². The predicted molar refractivity (Wildman–Crippen MR) is 104 cm³/mol. The molecule has 1 aliphatic rings.